The number of aromatic nitrogens is 2. The topological polar surface area (TPSA) is 86.1 Å². The number of imidazole rings is 1. The van der Waals surface area contributed by atoms with Crippen molar-refractivity contribution >= 4 is 17.0 Å². The Kier molecular flexibility index (Phi) is 5.55. The highest BCUT2D eigenvalue weighted by atomic mass is 16.5. The molecule has 0 fully saturated rings. The minimum absolute atomic E-state index is 0.486. The molecule has 0 unspecified atom stereocenters. The number of benzene rings is 1. The second kappa shape index (κ2) is 7.62. The number of rotatable bonds is 8. The number of methoxy groups -OCH3 is 1. The van der Waals surface area contributed by atoms with Crippen LogP contribution in [-0.2, 0) is 16.0 Å². The van der Waals surface area contributed by atoms with Crippen molar-refractivity contribution in [1.82, 2.24) is 9.55 Å². The van der Waals surface area contributed by atoms with E-state index in [2.05, 4.69) is 11.1 Å². The molecule has 2 aromatic rings. The average Bonchev–Trinajstić information content (AvgIpc) is 2.81. The number of unbranched alkanes of at least 4 members (excludes halogenated alkanes) is 1. The molecule has 0 saturated heterocycles. The van der Waals surface area contributed by atoms with Crippen LogP contribution in [-0.4, -0.2) is 36.5 Å². The van der Waals surface area contributed by atoms with Crippen molar-refractivity contribution in [3.05, 3.63) is 23.8 Å². The van der Waals surface area contributed by atoms with Crippen LogP contribution < -0.4 is 5.73 Å². The summed E-state index contributed by atoms with van der Waals surface area (Å²) in [5, 5.41) is 8.97. The van der Waals surface area contributed by atoms with Crippen LogP contribution in [0.25, 0.3) is 11.0 Å². The van der Waals surface area contributed by atoms with Gasteiger partial charge in [0, 0.05) is 20.3 Å². The highest BCUT2D eigenvalue weighted by Crippen LogP contribution is 2.19. The molecule has 1 aromatic carbocycles. The van der Waals surface area contributed by atoms with Gasteiger partial charge in [-0.1, -0.05) is 0 Å². The number of nitrogens with two attached hydrogens (primary N) is 1. The molecule has 0 aliphatic heterocycles. The van der Waals surface area contributed by atoms with Gasteiger partial charge in [-0.25, -0.2) is 4.98 Å². The van der Waals surface area contributed by atoms with Crippen molar-refractivity contribution in [3.63, 3.8) is 0 Å². The Morgan fingerprint density at radius 2 is 2.14 bits per heavy atom. The highest BCUT2D eigenvalue weighted by Gasteiger charge is 2.08. The van der Waals surface area contributed by atoms with Gasteiger partial charge in [-0.15, -0.1) is 0 Å². The third-order valence-electron chi connectivity index (χ3n) is 3.26. The van der Waals surface area contributed by atoms with Crippen LogP contribution >= 0.6 is 0 Å². The summed E-state index contributed by atoms with van der Waals surface area (Å²) in [4.78, 5) is 4.31. The SMILES string of the molecule is COCCOCCCCn1c(N)nc2ccc(C#N)cc21. The van der Waals surface area contributed by atoms with Crippen molar-refractivity contribution in [2.45, 2.75) is 19.4 Å². The lowest BCUT2D eigenvalue weighted by atomic mass is 10.2. The van der Waals surface area contributed by atoms with E-state index in [9.17, 15) is 0 Å². The Balaban J connectivity index is 1.92. The molecular formula is C15H20N4O2. The van der Waals surface area contributed by atoms with E-state index in [1.54, 1.807) is 13.2 Å². The minimum atomic E-state index is 0.486. The molecule has 6 nitrogen and oxygen atoms in total. The van der Waals surface area contributed by atoms with Crippen LogP contribution in [0.15, 0.2) is 18.2 Å². The number of hydrogen-bond donors (Lipinski definition) is 1. The normalized spacial score (nSPS) is 10.9. The van der Waals surface area contributed by atoms with Crippen molar-refractivity contribution in [2.24, 2.45) is 0 Å². The smallest absolute Gasteiger partial charge is 0.201 e. The summed E-state index contributed by atoms with van der Waals surface area (Å²) in [5.41, 5.74) is 8.29. The number of anilines is 1. The van der Waals surface area contributed by atoms with Gasteiger partial charge in [0.05, 0.1) is 35.9 Å². The van der Waals surface area contributed by atoms with E-state index in [-0.39, 0.29) is 0 Å². The fraction of sp³-hybridized carbons (Fsp3) is 0.467. The van der Waals surface area contributed by atoms with Gasteiger partial charge in [-0.2, -0.15) is 5.26 Å². The Hall–Kier alpha value is -2.10. The number of nitrogens with zero attached hydrogens (tertiary/aromatic N) is 3. The molecular weight excluding hydrogens is 268 g/mol. The van der Waals surface area contributed by atoms with Crippen molar-refractivity contribution in [2.75, 3.05) is 32.7 Å². The molecule has 6 heteroatoms. The predicted molar refractivity (Wildman–Crippen MR) is 80.8 cm³/mol. The standard InChI is InChI=1S/C15H20N4O2/c1-20-8-9-21-7-3-2-6-19-14-10-12(11-16)4-5-13(14)18-15(19)17/h4-5,10H,2-3,6-9H2,1H3,(H2,17,18). The monoisotopic (exact) mass is 288 g/mol. The van der Waals surface area contributed by atoms with E-state index in [1.807, 2.05) is 16.7 Å². The zero-order valence-corrected chi connectivity index (χ0v) is 12.2. The zero-order chi connectivity index (χ0) is 15.1. The van der Waals surface area contributed by atoms with Gasteiger partial charge in [0.1, 0.15) is 0 Å². The fourth-order valence-corrected chi connectivity index (χ4v) is 2.16. The van der Waals surface area contributed by atoms with Crippen LogP contribution in [0.5, 0.6) is 0 Å². The van der Waals surface area contributed by atoms with Crippen LogP contribution in [0.1, 0.15) is 18.4 Å². The number of fused-ring (bicyclic) bond motifs is 1. The summed E-state index contributed by atoms with van der Waals surface area (Å²) >= 11 is 0. The first-order chi connectivity index (χ1) is 10.3. The summed E-state index contributed by atoms with van der Waals surface area (Å²) in [6.45, 7) is 2.72. The molecule has 0 radical (unpaired) electrons. The highest BCUT2D eigenvalue weighted by molar-refractivity contribution is 5.79. The second-order valence-electron chi connectivity index (χ2n) is 4.75. The molecule has 112 valence electrons. The largest absolute Gasteiger partial charge is 0.382 e. The number of hydrogen-bond acceptors (Lipinski definition) is 5. The summed E-state index contributed by atoms with van der Waals surface area (Å²) in [6.07, 6.45) is 1.89. The summed E-state index contributed by atoms with van der Waals surface area (Å²) in [6, 6.07) is 7.55. The maximum atomic E-state index is 8.97. The molecule has 0 bridgehead atoms. The van der Waals surface area contributed by atoms with Crippen LogP contribution in [0, 0.1) is 11.3 Å². The number of nitriles is 1. The molecule has 0 amide bonds. The van der Waals surface area contributed by atoms with Gasteiger partial charge in [0.25, 0.3) is 0 Å². The summed E-state index contributed by atoms with van der Waals surface area (Å²) in [7, 11) is 1.66. The van der Waals surface area contributed by atoms with Crippen molar-refractivity contribution < 1.29 is 9.47 Å². The Morgan fingerprint density at radius 3 is 2.90 bits per heavy atom. The lowest BCUT2D eigenvalue weighted by Gasteiger charge is -2.07. The van der Waals surface area contributed by atoms with E-state index < -0.39 is 0 Å². The van der Waals surface area contributed by atoms with Crippen LogP contribution in [0.2, 0.25) is 0 Å². The third kappa shape index (κ3) is 3.94. The van der Waals surface area contributed by atoms with Crippen LogP contribution in [0.3, 0.4) is 0 Å². The van der Waals surface area contributed by atoms with E-state index in [4.69, 9.17) is 20.5 Å². The molecule has 21 heavy (non-hydrogen) atoms. The van der Waals surface area contributed by atoms with E-state index >= 15 is 0 Å². The maximum Gasteiger partial charge on any atom is 0.201 e. The van der Waals surface area contributed by atoms with Crippen LogP contribution in [0.4, 0.5) is 5.95 Å². The molecule has 0 atom stereocenters. The molecule has 2 rings (SSSR count). The number of ether oxygens (including phenoxy) is 2. The van der Waals surface area contributed by atoms with Gasteiger partial charge in [-0.3, -0.25) is 0 Å². The average molecular weight is 288 g/mol. The molecule has 2 N–H and O–H groups in total. The lowest BCUT2D eigenvalue weighted by molar-refractivity contribution is 0.0684. The Bertz CT molecular complexity index is 630. The van der Waals surface area contributed by atoms with Gasteiger partial charge < -0.3 is 19.8 Å². The lowest BCUT2D eigenvalue weighted by Crippen LogP contribution is -2.06. The second-order valence-corrected chi connectivity index (χ2v) is 4.75. The summed E-state index contributed by atoms with van der Waals surface area (Å²) in [5.74, 6) is 0.486. The van der Waals surface area contributed by atoms with Gasteiger partial charge in [0.15, 0.2) is 0 Å². The van der Waals surface area contributed by atoms with Gasteiger partial charge in [-0.05, 0) is 31.0 Å². The first-order valence-electron chi connectivity index (χ1n) is 6.99. The first kappa shape index (κ1) is 15.3. The molecule has 1 heterocycles. The first-order valence-corrected chi connectivity index (χ1v) is 6.99. The van der Waals surface area contributed by atoms with E-state index in [0.29, 0.717) is 31.3 Å². The number of aryl methyl sites for hydroxylation is 1. The van der Waals surface area contributed by atoms with Gasteiger partial charge >= 0.3 is 0 Å². The quantitative estimate of drug-likeness (QED) is 0.750. The number of nitrogen functional groups attached to an aromatic ring is 1. The van der Waals surface area contributed by atoms with Crippen molar-refractivity contribution in [3.8, 4) is 6.07 Å². The Morgan fingerprint density at radius 1 is 1.29 bits per heavy atom. The van der Waals surface area contributed by atoms with Gasteiger partial charge in [0.2, 0.25) is 5.95 Å². The predicted octanol–water partition coefficient (Wildman–Crippen LogP) is 1.93. The van der Waals surface area contributed by atoms with E-state index in [0.717, 1.165) is 30.4 Å². The van der Waals surface area contributed by atoms with E-state index in [1.165, 1.54) is 0 Å². The molecule has 0 saturated carbocycles. The summed E-state index contributed by atoms with van der Waals surface area (Å²) < 4.78 is 12.3. The minimum Gasteiger partial charge on any atom is -0.382 e. The van der Waals surface area contributed by atoms with Crippen molar-refractivity contribution in [1.29, 1.82) is 5.26 Å². The molecule has 0 aliphatic carbocycles. The zero-order valence-electron chi connectivity index (χ0n) is 12.2. The maximum absolute atomic E-state index is 8.97. The fourth-order valence-electron chi connectivity index (χ4n) is 2.16. The third-order valence-corrected chi connectivity index (χ3v) is 3.26. The molecule has 1 aromatic heterocycles. The molecule has 0 spiro atoms. The Labute approximate surface area is 124 Å². The molecule has 0 aliphatic rings.